The molecule has 0 aliphatic carbocycles. The molecule has 0 fully saturated rings. The minimum absolute atomic E-state index is 0.0325. The van der Waals surface area contributed by atoms with Gasteiger partial charge in [0, 0.05) is 6.54 Å². The van der Waals surface area contributed by atoms with Crippen molar-refractivity contribution >= 4 is 29.3 Å². The van der Waals surface area contributed by atoms with E-state index in [0.717, 1.165) is 6.07 Å². The van der Waals surface area contributed by atoms with Crippen LogP contribution in [0.4, 0.5) is 14.9 Å². The topological polar surface area (TPSA) is 87.7 Å². The zero-order chi connectivity index (χ0) is 14.3. The van der Waals surface area contributed by atoms with E-state index in [1.165, 1.54) is 12.1 Å². The van der Waals surface area contributed by atoms with Gasteiger partial charge in [0.25, 0.3) is 0 Å². The van der Waals surface area contributed by atoms with Gasteiger partial charge in [-0.1, -0.05) is 17.7 Å². The molecule has 0 aromatic heterocycles. The number of ether oxygens (including phenoxy) is 1. The number of urea groups is 1. The van der Waals surface area contributed by atoms with Crippen molar-refractivity contribution in [2.75, 3.05) is 25.1 Å². The lowest BCUT2D eigenvalue weighted by molar-refractivity contribution is -0.142. The number of benzene rings is 1. The Kier molecular flexibility index (Phi) is 6.04. The molecule has 0 spiro atoms. The largest absolute Gasteiger partial charge is 0.480 e. The zero-order valence-electron chi connectivity index (χ0n) is 9.78. The minimum Gasteiger partial charge on any atom is -0.480 e. The molecule has 0 saturated carbocycles. The smallest absolute Gasteiger partial charge is 0.329 e. The molecule has 0 atom stereocenters. The predicted octanol–water partition coefficient (Wildman–Crippen LogP) is 1.70. The van der Waals surface area contributed by atoms with Crippen molar-refractivity contribution in [2.24, 2.45) is 0 Å². The van der Waals surface area contributed by atoms with Crippen molar-refractivity contribution in [3.05, 3.63) is 29.0 Å². The van der Waals surface area contributed by atoms with Gasteiger partial charge in [-0.2, -0.15) is 0 Å². The maximum absolute atomic E-state index is 13.3. The second kappa shape index (κ2) is 7.55. The molecule has 6 nitrogen and oxygen atoms in total. The van der Waals surface area contributed by atoms with E-state index in [-0.39, 0.29) is 23.9 Å². The van der Waals surface area contributed by atoms with Crippen LogP contribution in [0, 0.1) is 5.82 Å². The van der Waals surface area contributed by atoms with E-state index in [0.29, 0.717) is 0 Å². The van der Waals surface area contributed by atoms with Crippen LogP contribution >= 0.6 is 11.6 Å². The van der Waals surface area contributed by atoms with Gasteiger partial charge in [-0.05, 0) is 12.1 Å². The summed E-state index contributed by atoms with van der Waals surface area (Å²) in [6.07, 6.45) is 0. The fourth-order valence-corrected chi connectivity index (χ4v) is 1.38. The maximum Gasteiger partial charge on any atom is 0.329 e. The first kappa shape index (κ1) is 15.2. The van der Waals surface area contributed by atoms with Crippen molar-refractivity contribution in [2.45, 2.75) is 0 Å². The molecule has 1 aromatic carbocycles. The third-order valence-corrected chi connectivity index (χ3v) is 2.27. The van der Waals surface area contributed by atoms with E-state index >= 15 is 0 Å². The first-order chi connectivity index (χ1) is 9.00. The van der Waals surface area contributed by atoms with E-state index in [1.54, 1.807) is 0 Å². The van der Waals surface area contributed by atoms with E-state index in [1.807, 2.05) is 0 Å². The first-order valence-electron chi connectivity index (χ1n) is 5.29. The van der Waals surface area contributed by atoms with Gasteiger partial charge in [0.2, 0.25) is 0 Å². The van der Waals surface area contributed by atoms with Crippen molar-refractivity contribution in [1.29, 1.82) is 0 Å². The van der Waals surface area contributed by atoms with Gasteiger partial charge < -0.3 is 20.5 Å². The van der Waals surface area contributed by atoms with Crippen LogP contribution in [0.25, 0.3) is 0 Å². The number of carboxylic acid groups (broad SMARTS) is 1. The highest BCUT2D eigenvalue weighted by molar-refractivity contribution is 6.33. The zero-order valence-corrected chi connectivity index (χ0v) is 10.5. The Balaban J connectivity index is 2.33. The summed E-state index contributed by atoms with van der Waals surface area (Å²) in [6.45, 7) is -0.321. The lowest BCUT2D eigenvalue weighted by Crippen LogP contribution is -2.32. The van der Waals surface area contributed by atoms with Crippen LogP contribution in [0.1, 0.15) is 0 Å². The second-order valence-corrected chi connectivity index (χ2v) is 3.83. The van der Waals surface area contributed by atoms with Crippen LogP contribution in [-0.4, -0.2) is 36.9 Å². The molecule has 1 rings (SSSR count). The number of hydrogen-bond acceptors (Lipinski definition) is 3. The summed E-state index contributed by atoms with van der Waals surface area (Å²) in [5.41, 5.74) is -0.117. The Bertz CT molecular complexity index is 450. The molecule has 0 radical (unpaired) electrons. The summed E-state index contributed by atoms with van der Waals surface area (Å²) < 4.78 is 18.0. The standard InChI is InChI=1S/C11H12ClFN2O4/c12-7-2-1-3-8(13)10(7)15-11(18)14-4-5-19-6-9(16)17/h1-3H,4-6H2,(H,16,17)(H2,14,15,18). The summed E-state index contributed by atoms with van der Waals surface area (Å²) >= 11 is 5.72. The van der Waals surface area contributed by atoms with Crippen LogP contribution in [0.3, 0.4) is 0 Å². The van der Waals surface area contributed by atoms with Crippen LogP contribution in [0.5, 0.6) is 0 Å². The number of halogens is 2. The number of carbonyl (C=O) groups is 2. The summed E-state index contributed by atoms with van der Waals surface area (Å²) in [4.78, 5) is 21.5. The quantitative estimate of drug-likeness (QED) is 0.696. The number of hydrogen-bond donors (Lipinski definition) is 3. The molecule has 19 heavy (non-hydrogen) atoms. The molecule has 2 amide bonds. The van der Waals surface area contributed by atoms with Crippen LogP contribution in [0.2, 0.25) is 5.02 Å². The molecule has 0 bridgehead atoms. The average Bonchev–Trinajstić information content (AvgIpc) is 2.33. The number of para-hydroxylation sites is 1. The molecule has 0 heterocycles. The lowest BCUT2D eigenvalue weighted by Gasteiger charge is -2.09. The lowest BCUT2D eigenvalue weighted by atomic mass is 10.3. The summed E-state index contributed by atoms with van der Waals surface area (Å²) in [5.74, 6) is -1.74. The van der Waals surface area contributed by atoms with E-state index in [4.69, 9.17) is 21.4 Å². The van der Waals surface area contributed by atoms with Crippen LogP contribution in [0.15, 0.2) is 18.2 Å². The molecule has 0 unspecified atom stereocenters. The highest BCUT2D eigenvalue weighted by Crippen LogP contribution is 2.24. The molecule has 0 saturated heterocycles. The third-order valence-electron chi connectivity index (χ3n) is 1.96. The Labute approximate surface area is 113 Å². The molecule has 8 heteroatoms. The van der Waals surface area contributed by atoms with Gasteiger partial charge in [-0.3, -0.25) is 0 Å². The van der Waals surface area contributed by atoms with Gasteiger partial charge in [0.15, 0.2) is 0 Å². The molecule has 104 valence electrons. The van der Waals surface area contributed by atoms with E-state index in [9.17, 15) is 14.0 Å². The average molecular weight is 291 g/mol. The fourth-order valence-electron chi connectivity index (χ4n) is 1.17. The maximum atomic E-state index is 13.3. The molecule has 1 aromatic rings. The highest BCUT2D eigenvalue weighted by Gasteiger charge is 2.09. The monoisotopic (exact) mass is 290 g/mol. The summed E-state index contributed by atoms with van der Waals surface area (Å²) in [5, 5.41) is 13.0. The van der Waals surface area contributed by atoms with E-state index < -0.39 is 24.4 Å². The second-order valence-electron chi connectivity index (χ2n) is 3.42. The van der Waals surface area contributed by atoms with Crippen LogP contribution < -0.4 is 10.6 Å². The number of rotatable bonds is 6. The van der Waals surface area contributed by atoms with Gasteiger partial charge >= 0.3 is 12.0 Å². The van der Waals surface area contributed by atoms with Crippen molar-refractivity contribution in [1.82, 2.24) is 5.32 Å². The highest BCUT2D eigenvalue weighted by atomic mass is 35.5. The summed E-state index contributed by atoms with van der Waals surface area (Å²) in [6, 6.07) is 3.36. The van der Waals surface area contributed by atoms with E-state index in [2.05, 4.69) is 10.6 Å². The fraction of sp³-hybridized carbons (Fsp3) is 0.273. The molecular formula is C11H12ClFN2O4. The van der Waals surface area contributed by atoms with Gasteiger partial charge in [0.1, 0.15) is 12.4 Å². The minimum atomic E-state index is -1.09. The van der Waals surface area contributed by atoms with Crippen molar-refractivity contribution in [3.63, 3.8) is 0 Å². The van der Waals surface area contributed by atoms with Gasteiger partial charge in [-0.25, -0.2) is 14.0 Å². The Hall–Kier alpha value is -1.86. The predicted molar refractivity (Wildman–Crippen MR) is 66.9 cm³/mol. The molecule has 3 N–H and O–H groups in total. The number of anilines is 1. The number of aliphatic carboxylic acids is 1. The van der Waals surface area contributed by atoms with Gasteiger partial charge in [-0.15, -0.1) is 0 Å². The molecule has 0 aliphatic rings. The molecular weight excluding hydrogens is 279 g/mol. The number of amides is 2. The normalized spacial score (nSPS) is 10.0. The summed E-state index contributed by atoms with van der Waals surface area (Å²) in [7, 11) is 0. The Morgan fingerprint density at radius 3 is 2.79 bits per heavy atom. The third kappa shape index (κ3) is 5.54. The first-order valence-corrected chi connectivity index (χ1v) is 5.67. The number of carbonyl (C=O) groups excluding carboxylic acids is 1. The number of nitrogens with one attached hydrogen (secondary N) is 2. The van der Waals surface area contributed by atoms with Crippen molar-refractivity contribution in [3.8, 4) is 0 Å². The Morgan fingerprint density at radius 2 is 2.16 bits per heavy atom. The van der Waals surface area contributed by atoms with Crippen molar-refractivity contribution < 1.29 is 23.8 Å². The molecule has 0 aliphatic heterocycles. The Morgan fingerprint density at radius 1 is 1.42 bits per heavy atom. The van der Waals surface area contributed by atoms with Crippen LogP contribution in [-0.2, 0) is 9.53 Å². The SMILES string of the molecule is O=C(O)COCCNC(=O)Nc1c(F)cccc1Cl. The number of carboxylic acids is 1. The van der Waals surface area contributed by atoms with Gasteiger partial charge in [0.05, 0.1) is 17.3 Å².